The number of anilines is 2. The first-order valence-corrected chi connectivity index (χ1v) is 4.01. The van der Waals surface area contributed by atoms with Gasteiger partial charge in [0.15, 0.2) is 11.6 Å². The van der Waals surface area contributed by atoms with Crippen LogP contribution in [0.3, 0.4) is 0 Å². The molecule has 2 aromatic heterocycles. The van der Waals surface area contributed by atoms with Crippen molar-refractivity contribution in [1.82, 2.24) is 25.1 Å². The van der Waals surface area contributed by atoms with Crippen LogP contribution in [-0.4, -0.2) is 25.1 Å². The summed E-state index contributed by atoms with van der Waals surface area (Å²) in [6, 6.07) is 0. The zero-order valence-corrected chi connectivity index (χ0v) is 7.31. The second kappa shape index (κ2) is 3.69. The monoisotopic (exact) mass is 191 g/mol. The molecule has 7 nitrogen and oxygen atoms in total. The van der Waals surface area contributed by atoms with Gasteiger partial charge in [0, 0.05) is 12.4 Å². The third-order valence-electron chi connectivity index (χ3n) is 1.61. The topological polar surface area (TPSA) is 105 Å². The lowest BCUT2D eigenvalue weighted by Gasteiger charge is -2.03. The summed E-state index contributed by atoms with van der Waals surface area (Å²) in [6.07, 6.45) is 4.55. The van der Waals surface area contributed by atoms with Crippen molar-refractivity contribution < 1.29 is 0 Å². The zero-order valence-electron chi connectivity index (χ0n) is 7.31. The minimum absolute atomic E-state index is 0.368. The van der Waals surface area contributed by atoms with E-state index in [9.17, 15) is 0 Å². The molecule has 0 aromatic carbocycles. The number of hydrogen-bond donors (Lipinski definition) is 3. The van der Waals surface area contributed by atoms with E-state index >= 15 is 0 Å². The smallest absolute Gasteiger partial charge is 0.169 e. The van der Waals surface area contributed by atoms with Crippen LogP contribution in [-0.2, 0) is 6.54 Å². The van der Waals surface area contributed by atoms with E-state index in [2.05, 4.69) is 30.5 Å². The summed E-state index contributed by atoms with van der Waals surface area (Å²) in [7, 11) is 0. The average molecular weight is 191 g/mol. The molecule has 0 fully saturated rings. The summed E-state index contributed by atoms with van der Waals surface area (Å²) < 4.78 is 0. The van der Waals surface area contributed by atoms with Crippen LogP contribution in [0.4, 0.5) is 11.6 Å². The van der Waals surface area contributed by atoms with Crippen LogP contribution in [0.25, 0.3) is 0 Å². The third-order valence-corrected chi connectivity index (χ3v) is 1.61. The van der Waals surface area contributed by atoms with Crippen molar-refractivity contribution in [3.05, 3.63) is 24.5 Å². The van der Waals surface area contributed by atoms with E-state index in [-0.39, 0.29) is 0 Å². The SMILES string of the molecule is Nc1nccnc1NCc1ncn[nH]1. The van der Waals surface area contributed by atoms with Gasteiger partial charge in [-0.25, -0.2) is 15.0 Å². The van der Waals surface area contributed by atoms with E-state index in [4.69, 9.17) is 5.73 Å². The number of H-pyrrole nitrogens is 1. The van der Waals surface area contributed by atoms with Gasteiger partial charge in [0.05, 0.1) is 6.54 Å². The Balaban J connectivity index is 2.02. The average Bonchev–Trinajstić information content (AvgIpc) is 2.69. The van der Waals surface area contributed by atoms with E-state index in [0.717, 1.165) is 5.82 Å². The van der Waals surface area contributed by atoms with E-state index < -0.39 is 0 Å². The quantitative estimate of drug-likeness (QED) is 0.619. The Hall–Kier alpha value is -2.18. The maximum atomic E-state index is 5.58. The van der Waals surface area contributed by atoms with E-state index in [1.807, 2.05) is 0 Å². The molecule has 0 spiro atoms. The predicted molar refractivity (Wildman–Crippen MR) is 50.2 cm³/mol. The highest BCUT2D eigenvalue weighted by molar-refractivity contribution is 5.54. The van der Waals surface area contributed by atoms with Gasteiger partial charge in [0.2, 0.25) is 0 Å². The van der Waals surface area contributed by atoms with Crippen LogP contribution in [0.1, 0.15) is 5.82 Å². The highest BCUT2D eigenvalue weighted by Gasteiger charge is 2.00. The minimum Gasteiger partial charge on any atom is -0.381 e. The molecule has 0 saturated carbocycles. The summed E-state index contributed by atoms with van der Waals surface area (Å²) in [5, 5.41) is 9.41. The molecule has 4 N–H and O–H groups in total. The molecule has 0 aliphatic carbocycles. The summed E-state index contributed by atoms with van der Waals surface area (Å²) in [4.78, 5) is 11.8. The van der Waals surface area contributed by atoms with Crippen molar-refractivity contribution in [3.63, 3.8) is 0 Å². The largest absolute Gasteiger partial charge is 0.381 e. The molecule has 14 heavy (non-hydrogen) atoms. The molecule has 0 amide bonds. The van der Waals surface area contributed by atoms with Gasteiger partial charge in [-0.15, -0.1) is 0 Å². The first-order valence-electron chi connectivity index (χ1n) is 4.01. The molecule has 72 valence electrons. The minimum atomic E-state index is 0.368. The number of nitrogen functional groups attached to an aromatic ring is 1. The zero-order chi connectivity index (χ0) is 9.80. The molecule has 0 radical (unpaired) electrons. The van der Waals surface area contributed by atoms with Gasteiger partial charge in [-0.1, -0.05) is 0 Å². The van der Waals surface area contributed by atoms with Gasteiger partial charge in [0.1, 0.15) is 12.2 Å². The van der Waals surface area contributed by atoms with Crippen LogP contribution < -0.4 is 11.1 Å². The van der Waals surface area contributed by atoms with Gasteiger partial charge >= 0.3 is 0 Å². The number of hydrogen-bond acceptors (Lipinski definition) is 6. The summed E-state index contributed by atoms with van der Waals surface area (Å²) in [5.74, 6) is 1.63. The Labute approximate surface area is 79.8 Å². The molecule has 0 unspecified atom stereocenters. The van der Waals surface area contributed by atoms with Crippen LogP contribution in [0.5, 0.6) is 0 Å². The van der Waals surface area contributed by atoms with E-state index in [1.54, 1.807) is 6.20 Å². The number of aromatic nitrogens is 5. The first-order chi connectivity index (χ1) is 6.86. The van der Waals surface area contributed by atoms with Crippen molar-refractivity contribution in [2.75, 3.05) is 11.1 Å². The van der Waals surface area contributed by atoms with Crippen molar-refractivity contribution in [2.45, 2.75) is 6.54 Å². The van der Waals surface area contributed by atoms with Crippen LogP contribution in [0, 0.1) is 0 Å². The molecule has 7 heteroatoms. The van der Waals surface area contributed by atoms with Crippen LogP contribution in [0.15, 0.2) is 18.7 Å². The molecule has 0 saturated heterocycles. The second-order valence-electron chi connectivity index (χ2n) is 2.58. The van der Waals surface area contributed by atoms with Crippen LogP contribution in [0.2, 0.25) is 0 Å². The molecule has 0 bridgehead atoms. The first kappa shape index (κ1) is 8.42. The maximum Gasteiger partial charge on any atom is 0.169 e. The van der Waals surface area contributed by atoms with E-state index in [1.165, 1.54) is 12.5 Å². The Morgan fingerprint density at radius 3 is 2.86 bits per heavy atom. The third kappa shape index (κ3) is 1.76. The fraction of sp³-hybridized carbons (Fsp3) is 0.143. The molecule has 2 rings (SSSR count). The number of rotatable bonds is 3. The Kier molecular flexibility index (Phi) is 2.22. The second-order valence-corrected chi connectivity index (χ2v) is 2.58. The molecular formula is C7H9N7. The Bertz CT molecular complexity index is 396. The molecule has 0 atom stereocenters. The maximum absolute atomic E-state index is 5.58. The molecule has 0 aliphatic rings. The van der Waals surface area contributed by atoms with Crippen molar-refractivity contribution >= 4 is 11.6 Å². The van der Waals surface area contributed by atoms with Gasteiger partial charge in [-0.2, -0.15) is 5.10 Å². The summed E-state index contributed by atoms with van der Waals surface area (Å²) in [5.41, 5.74) is 5.58. The normalized spacial score (nSPS) is 10.0. The Morgan fingerprint density at radius 1 is 1.29 bits per heavy atom. The highest BCUT2D eigenvalue weighted by Crippen LogP contribution is 2.09. The Morgan fingerprint density at radius 2 is 2.14 bits per heavy atom. The molecule has 2 heterocycles. The lowest BCUT2D eigenvalue weighted by Crippen LogP contribution is -2.06. The fourth-order valence-electron chi connectivity index (χ4n) is 0.968. The summed E-state index contributed by atoms with van der Waals surface area (Å²) in [6.45, 7) is 0.489. The van der Waals surface area contributed by atoms with Crippen LogP contribution >= 0.6 is 0 Å². The highest BCUT2D eigenvalue weighted by atomic mass is 15.2. The number of aromatic amines is 1. The van der Waals surface area contributed by atoms with Gasteiger partial charge in [0.25, 0.3) is 0 Å². The summed E-state index contributed by atoms with van der Waals surface area (Å²) >= 11 is 0. The van der Waals surface area contributed by atoms with Gasteiger partial charge in [-0.3, -0.25) is 5.10 Å². The predicted octanol–water partition coefficient (Wildman–Crippen LogP) is -0.211. The number of nitrogens with two attached hydrogens (primary N) is 1. The molecule has 2 aromatic rings. The van der Waals surface area contributed by atoms with Crippen molar-refractivity contribution in [1.29, 1.82) is 0 Å². The van der Waals surface area contributed by atoms with Crippen molar-refractivity contribution in [2.24, 2.45) is 0 Å². The lowest BCUT2D eigenvalue weighted by atomic mass is 10.5. The number of nitrogens with one attached hydrogen (secondary N) is 2. The van der Waals surface area contributed by atoms with Gasteiger partial charge < -0.3 is 11.1 Å². The van der Waals surface area contributed by atoms with E-state index in [0.29, 0.717) is 18.2 Å². The standard InChI is InChI=1S/C7H9N7/c8-6-7(10-2-1-9-6)11-3-5-12-4-13-14-5/h1-2,4H,3H2,(H2,8,9)(H,10,11)(H,12,13,14). The van der Waals surface area contributed by atoms with Gasteiger partial charge in [-0.05, 0) is 0 Å². The fourth-order valence-corrected chi connectivity index (χ4v) is 0.968. The molecule has 0 aliphatic heterocycles. The lowest BCUT2D eigenvalue weighted by molar-refractivity contribution is 0.946. The number of nitrogens with zero attached hydrogens (tertiary/aromatic N) is 4. The van der Waals surface area contributed by atoms with Crippen molar-refractivity contribution in [3.8, 4) is 0 Å². The molecular weight excluding hydrogens is 182 g/mol.